The largest absolute Gasteiger partial charge is 0.486 e. The van der Waals surface area contributed by atoms with E-state index in [0.717, 1.165) is 17.1 Å². The third-order valence-corrected chi connectivity index (χ3v) is 5.04. The predicted molar refractivity (Wildman–Crippen MR) is 109 cm³/mol. The molecule has 0 N–H and O–H groups in total. The zero-order chi connectivity index (χ0) is 21.1. The molecule has 0 radical (unpaired) electrons. The van der Waals surface area contributed by atoms with Gasteiger partial charge in [-0.15, -0.1) is 0 Å². The Labute approximate surface area is 174 Å². The average Bonchev–Trinajstić information content (AvgIpc) is 3.06. The Hall–Kier alpha value is -3.61. The van der Waals surface area contributed by atoms with Crippen LogP contribution >= 0.6 is 0 Å². The van der Waals surface area contributed by atoms with Gasteiger partial charge in [-0.05, 0) is 44.2 Å². The van der Waals surface area contributed by atoms with Crippen molar-refractivity contribution >= 4 is 11.8 Å². The SMILES string of the molecule is Cc1cc(C(=O)COC(=O)c2ccccn2)c(C)n1C[C@H]1COc2ccccc2O1. The first kappa shape index (κ1) is 19.7. The highest BCUT2D eigenvalue weighted by molar-refractivity contribution is 6.00. The summed E-state index contributed by atoms with van der Waals surface area (Å²) in [7, 11) is 0. The Balaban J connectivity index is 1.42. The Morgan fingerprint density at radius 2 is 1.90 bits per heavy atom. The molecule has 0 bridgehead atoms. The average molecular weight is 406 g/mol. The summed E-state index contributed by atoms with van der Waals surface area (Å²) in [5, 5.41) is 0. The summed E-state index contributed by atoms with van der Waals surface area (Å²) in [5.41, 5.74) is 2.42. The molecule has 3 heterocycles. The number of rotatable bonds is 6. The molecule has 0 amide bonds. The Bertz CT molecular complexity index is 1070. The summed E-state index contributed by atoms with van der Waals surface area (Å²) in [4.78, 5) is 28.6. The number of benzene rings is 1. The minimum Gasteiger partial charge on any atom is -0.486 e. The lowest BCUT2D eigenvalue weighted by Crippen LogP contribution is -2.33. The maximum absolute atomic E-state index is 12.7. The van der Waals surface area contributed by atoms with Gasteiger partial charge in [-0.2, -0.15) is 0 Å². The van der Waals surface area contributed by atoms with E-state index in [1.54, 1.807) is 18.2 Å². The van der Waals surface area contributed by atoms with Crippen molar-refractivity contribution in [3.63, 3.8) is 0 Å². The fourth-order valence-corrected chi connectivity index (χ4v) is 3.49. The van der Waals surface area contributed by atoms with Gasteiger partial charge in [-0.3, -0.25) is 4.79 Å². The number of nitrogens with zero attached hydrogens (tertiary/aromatic N) is 2. The number of ether oxygens (including phenoxy) is 3. The summed E-state index contributed by atoms with van der Waals surface area (Å²) < 4.78 is 19.0. The van der Waals surface area contributed by atoms with E-state index < -0.39 is 5.97 Å². The number of hydrogen-bond donors (Lipinski definition) is 0. The van der Waals surface area contributed by atoms with Crippen LogP contribution in [0, 0.1) is 13.8 Å². The van der Waals surface area contributed by atoms with E-state index in [4.69, 9.17) is 14.2 Å². The van der Waals surface area contributed by atoms with E-state index in [2.05, 4.69) is 4.98 Å². The number of para-hydroxylation sites is 2. The number of fused-ring (bicyclic) bond motifs is 1. The quantitative estimate of drug-likeness (QED) is 0.461. The van der Waals surface area contributed by atoms with Crippen molar-refractivity contribution in [3.8, 4) is 11.5 Å². The van der Waals surface area contributed by atoms with Gasteiger partial charge in [0.25, 0.3) is 0 Å². The summed E-state index contributed by atoms with van der Waals surface area (Å²) in [6, 6.07) is 14.3. The fraction of sp³-hybridized carbons (Fsp3) is 0.261. The molecule has 7 heteroatoms. The smallest absolute Gasteiger partial charge is 0.357 e. The van der Waals surface area contributed by atoms with Crippen LogP contribution in [0.4, 0.5) is 0 Å². The highest BCUT2D eigenvalue weighted by atomic mass is 16.6. The number of carbonyl (C=O) groups excluding carboxylic acids is 2. The van der Waals surface area contributed by atoms with Crippen molar-refractivity contribution < 1.29 is 23.8 Å². The molecule has 1 aliphatic rings. The molecular formula is C23H22N2O5. The molecule has 1 aromatic carbocycles. The first-order valence-corrected chi connectivity index (χ1v) is 9.69. The first-order valence-electron chi connectivity index (χ1n) is 9.69. The first-order chi connectivity index (χ1) is 14.5. The second kappa shape index (κ2) is 8.41. The molecule has 1 atom stereocenters. The van der Waals surface area contributed by atoms with Gasteiger partial charge >= 0.3 is 5.97 Å². The van der Waals surface area contributed by atoms with Gasteiger partial charge in [0, 0.05) is 23.1 Å². The van der Waals surface area contributed by atoms with Crippen LogP contribution in [-0.4, -0.2) is 40.6 Å². The zero-order valence-electron chi connectivity index (χ0n) is 16.8. The second-order valence-corrected chi connectivity index (χ2v) is 7.11. The van der Waals surface area contributed by atoms with Crippen LogP contribution in [0.15, 0.2) is 54.7 Å². The van der Waals surface area contributed by atoms with Crippen LogP contribution in [0.25, 0.3) is 0 Å². The third-order valence-electron chi connectivity index (χ3n) is 5.04. The molecule has 30 heavy (non-hydrogen) atoms. The molecule has 1 aliphatic heterocycles. The monoisotopic (exact) mass is 406 g/mol. The van der Waals surface area contributed by atoms with Gasteiger partial charge in [0.1, 0.15) is 12.3 Å². The molecule has 0 unspecified atom stereocenters. The van der Waals surface area contributed by atoms with Crippen LogP contribution in [0.2, 0.25) is 0 Å². The van der Waals surface area contributed by atoms with Gasteiger partial charge < -0.3 is 18.8 Å². The minimum absolute atomic E-state index is 0.172. The van der Waals surface area contributed by atoms with Crippen molar-refractivity contribution in [1.29, 1.82) is 0 Å². The maximum atomic E-state index is 12.7. The van der Waals surface area contributed by atoms with Crippen LogP contribution in [0.3, 0.4) is 0 Å². The zero-order valence-corrected chi connectivity index (χ0v) is 16.8. The van der Waals surface area contributed by atoms with Gasteiger partial charge in [0.2, 0.25) is 5.78 Å². The molecule has 0 spiro atoms. The van der Waals surface area contributed by atoms with Crippen molar-refractivity contribution in [2.75, 3.05) is 13.2 Å². The molecule has 0 saturated heterocycles. The highest BCUT2D eigenvalue weighted by Crippen LogP contribution is 2.31. The normalized spacial score (nSPS) is 14.9. The molecular weight excluding hydrogens is 384 g/mol. The number of pyridine rings is 1. The second-order valence-electron chi connectivity index (χ2n) is 7.11. The molecule has 4 rings (SSSR count). The summed E-state index contributed by atoms with van der Waals surface area (Å²) >= 11 is 0. The number of esters is 1. The van der Waals surface area contributed by atoms with Gasteiger partial charge in [0.05, 0.1) is 6.54 Å². The van der Waals surface area contributed by atoms with Crippen molar-refractivity contribution in [2.45, 2.75) is 26.5 Å². The summed E-state index contributed by atoms with van der Waals surface area (Å²) in [6.07, 6.45) is 1.33. The van der Waals surface area contributed by atoms with E-state index in [9.17, 15) is 9.59 Å². The van der Waals surface area contributed by atoms with E-state index in [-0.39, 0.29) is 24.2 Å². The topological polar surface area (TPSA) is 79.7 Å². The third kappa shape index (κ3) is 4.05. The molecule has 0 fully saturated rings. The number of hydrogen-bond acceptors (Lipinski definition) is 6. The lowest BCUT2D eigenvalue weighted by Gasteiger charge is -2.27. The van der Waals surface area contributed by atoms with Crippen molar-refractivity contribution in [1.82, 2.24) is 9.55 Å². The van der Waals surface area contributed by atoms with Gasteiger partial charge in [0.15, 0.2) is 24.2 Å². The Morgan fingerprint density at radius 3 is 2.67 bits per heavy atom. The summed E-state index contributed by atoms with van der Waals surface area (Å²) in [5.74, 6) is 0.572. The number of aryl methyl sites for hydroxylation is 1. The van der Waals surface area contributed by atoms with E-state index in [0.29, 0.717) is 24.5 Å². The molecule has 154 valence electrons. The molecule has 2 aromatic heterocycles. The van der Waals surface area contributed by atoms with Crippen LogP contribution in [0.5, 0.6) is 11.5 Å². The fourth-order valence-electron chi connectivity index (χ4n) is 3.49. The number of Topliss-reactive ketones (excluding diaryl/α,β-unsaturated/α-hetero) is 1. The van der Waals surface area contributed by atoms with Crippen LogP contribution < -0.4 is 9.47 Å². The summed E-state index contributed by atoms with van der Waals surface area (Å²) in [6.45, 7) is 4.45. The van der Waals surface area contributed by atoms with E-state index in [1.165, 1.54) is 6.20 Å². The van der Waals surface area contributed by atoms with Crippen LogP contribution in [0.1, 0.15) is 32.2 Å². The maximum Gasteiger partial charge on any atom is 0.357 e. The molecule has 7 nitrogen and oxygen atoms in total. The highest BCUT2D eigenvalue weighted by Gasteiger charge is 2.24. The van der Waals surface area contributed by atoms with E-state index in [1.807, 2.05) is 48.7 Å². The van der Waals surface area contributed by atoms with Gasteiger partial charge in [-0.1, -0.05) is 18.2 Å². The van der Waals surface area contributed by atoms with Gasteiger partial charge in [-0.25, -0.2) is 9.78 Å². The minimum atomic E-state index is -0.621. The van der Waals surface area contributed by atoms with E-state index >= 15 is 0 Å². The molecule has 0 aliphatic carbocycles. The number of ketones is 1. The molecule has 3 aromatic rings. The standard InChI is InChI=1S/C23H22N2O5/c1-15-11-18(20(26)14-29-23(27)19-7-5-6-10-24-19)16(2)25(15)12-17-13-28-21-8-3-4-9-22(21)30-17/h3-11,17H,12-14H2,1-2H3/t17-/m0/s1. The lowest BCUT2D eigenvalue weighted by molar-refractivity contribution is 0.0468. The number of carbonyl (C=O) groups is 2. The lowest BCUT2D eigenvalue weighted by atomic mass is 10.1. The van der Waals surface area contributed by atoms with Crippen LogP contribution in [-0.2, 0) is 11.3 Å². The predicted octanol–water partition coefficient (Wildman–Crippen LogP) is 3.38. The van der Waals surface area contributed by atoms with Crippen molar-refractivity contribution in [2.24, 2.45) is 0 Å². The Morgan fingerprint density at radius 1 is 1.13 bits per heavy atom. The number of aromatic nitrogens is 2. The molecule has 0 saturated carbocycles. The van der Waals surface area contributed by atoms with Crippen molar-refractivity contribution in [3.05, 3.63) is 77.4 Å². The Kier molecular flexibility index (Phi) is 5.52.